The fourth-order valence-electron chi connectivity index (χ4n) is 3.07. The summed E-state index contributed by atoms with van der Waals surface area (Å²) in [6.07, 6.45) is 0.913. The van der Waals surface area contributed by atoms with Crippen LogP contribution in [0.5, 0.6) is 5.75 Å². The Balaban J connectivity index is 1.84. The Hall–Kier alpha value is -2.58. The van der Waals surface area contributed by atoms with E-state index in [1.807, 2.05) is 50.2 Å². The van der Waals surface area contributed by atoms with Crippen LogP contribution in [-0.2, 0) is 11.2 Å². The smallest absolute Gasteiger partial charge is 0.233 e. The van der Waals surface area contributed by atoms with Gasteiger partial charge in [-0.2, -0.15) is 0 Å². The van der Waals surface area contributed by atoms with E-state index in [-0.39, 0.29) is 17.8 Å². The van der Waals surface area contributed by atoms with Crippen LogP contribution in [0.15, 0.2) is 36.4 Å². The number of benzene rings is 2. The summed E-state index contributed by atoms with van der Waals surface area (Å²) in [5.41, 5.74) is 0.933. The summed E-state index contributed by atoms with van der Waals surface area (Å²) < 4.78 is 33.5. The molecule has 0 aliphatic heterocycles. The number of rotatable bonds is 9. The maximum absolute atomic E-state index is 14.1. The standard InChI is InChI=1S/C22H25F2N3O2S/c1-4-29-17-8-6-15(7-9-17)12-20(28)27(11-5-10-26(2)3)22-25-21-18(24)13-16(23)14-19(21)30-22/h6-9,13-14H,4-5,10-12H2,1-3H3. The van der Waals surface area contributed by atoms with Crippen molar-refractivity contribution in [2.24, 2.45) is 0 Å². The normalized spacial score (nSPS) is 11.3. The molecule has 0 radical (unpaired) electrons. The fraction of sp³-hybridized carbons (Fsp3) is 0.364. The average Bonchev–Trinajstić information content (AvgIpc) is 3.10. The second-order valence-electron chi connectivity index (χ2n) is 7.19. The molecule has 0 unspecified atom stereocenters. The molecule has 0 aliphatic carbocycles. The van der Waals surface area contributed by atoms with Crippen molar-refractivity contribution in [3.8, 4) is 5.75 Å². The molecule has 8 heteroatoms. The third kappa shape index (κ3) is 5.52. The molecular weight excluding hydrogens is 408 g/mol. The van der Waals surface area contributed by atoms with Gasteiger partial charge in [-0.3, -0.25) is 9.69 Å². The van der Waals surface area contributed by atoms with E-state index >= 15 is 0 Å². The number of carbonyl (C=O) groups is 1. The predicted octanol–water partition coefficient (Wildman–Crippen LogP) is 4.50. The average molecular weight is 434 g/mol. The van der Waals surface area contributed by atoms with Crippen LogP contribution in [0.4, 0.5) is 13.9 Å². The van der Waals surface area contributed by atoms with Crippen molar-refractivity contribution >= 4 is 32.6 Å². The number of nitrogens with zero attached hydrogens (tertiary/aromatic N) is 3. The summed E-state index contributed by atoms with van der Waals surface area (Å²) in [5, 5.41) is 0.379. The Bertz CT molecular complexity index is 1010. The van der Waals surface area contributed by atoms with Crippen molar-refractivity contribution in [2.75, 3.05) is 38.7 Å². The molecule has 2 aromatic carbocycles. The molecule has 0 saturated heterocycles. The molecule has 1 heterocycles. The van der Waals surface area contributed by atoms with Gasteiger partial charge in [-0.15, -0.1) is 0 Å². The van der Waals surface area contributed by atoms with E-state index in [0.29, 0.717) is 23.0 Å². The van der Waals surface area contributed by atoms with E-state index in [0.717, 1.165) is 41.7 Å². The molecule has 0 N–H and O–H groups in total. The minimum Gasteiger partial charge on any atom is -0.494 e. The lowest BCUT2D eigenvalue weighted by molar-refractivity contribution is -0.118. The first-order valence-electron chi connectivity index (χ1n) is 9.79. The maximum Gasteiger partial charge on any atom is 0.233 e. The first-order valence-corrected chi connectivity index (χ1v) is 10.6. The zero-order valence-electron chi connectivity index (χ0n) is 17.3. The molecule has 1 amide bonds. The van der Waals surface area contributed by atoms with Gasteiger partial charge in [-0.05, 0) is 57.7 Å². The van der Waals surface area contributed by atoms with Gasteiger partial charge in [0.1, 0.15) is 17.1 Å². The van der Waals surface area contributed by atoms with Gasteiger partial charge in [0, 0.05) is 12.6 Å². The number of aromatic nitrogens is 1. The van der Waals surface area contributed by atoms with Crippen LogP contribution < -0.4 is 9.64 Å². The molecular formula is C22H25F2N3O2S. The monoisotopic (exact) mass is 433 g/mol. The molecule has 0 spiro atoms. The molecule has 0 atom stereocenters. The molecule has 3 aromatic rings. The number of amides is 1. The maximum atomic E-state index is 14.1. The van der Waals surface area contributed by atoms with Gasteiger partial charge in [-0.25, -0.2) is 13.8 Å². The Labute approximate surface area is 178 Å². The van der Waals surface area contributed by atoms with E-state index in [1.54, 1.807) is 4.90 Å². The Morgan fingerprint density at radius 3 is 2.53 bits per heavy atom. The third-order valence-electron chi connectivity index (χ3n) is 4.51. The Kier molecular flexibility index (Phi) is 7.33. The van der Waals surface area contributed by atoms with Crippen LogP contribution in [0.25, 0.3) is 10.2 Å². The van der Waals surface area contributed by atoms with Crippen molar-refractivity contribution in [2.45, 2.75) is 19.8 Å². The summed E-state index contributed by atoms with van der Waals surface area (Å²) in [6.45, 7) is 3.72. The number of ether oxygens (including phenoxy) is 1. The third-order valence-corrected chi connectivity index (χ3v) is 5.54. The SMILES string of the molecule is CCOc1ccc(CC(=O)N(CCCN(C)C)c2nc3c(F)cc(F)cc3s2)cc1. The second-order valence-corrected chi connectivity index (χ2v) is 8.20. The molecule has 0 aliphatic rings. The lowest BCUT2D eigenvalue weighted by Gasteiger charge is -2.21. The first kappa shape index (κ1) is 22.1. The lowest BCUT2D eigenvalue weighted by atomic mass is 10.1. The molecule has 3 rings (SSSR count). The van der Waals surface area contributed by atoms with Crippen molar-refractivity contribution < 1.29 is 18.3 Å². The van der Waals surface area contributed by atoms with Gasteiger partial charge in [-0.1, -0.05) is 23.5 Å². The highest BCUT2D eigenvalue weighted by Gasteiger charge is 2.21. The van der Waals surface area contributed by atoms with Crippen molar-refractivity contribution in [1.82, 2.24) is 9.88 Å². The Morgan fingerprint density at radius 2 is 1.87 bits per heavy atom. The van der Waals surface area contributed by atoms with Crippen molar-refractivity contribution in [3.63, 3.8) is 0 Å². The number of hydrogen-bond acceptors (Lipinski definition) is 5. The van der Waals surface area contributed by atoms with Crippen molar-refractivity contribution in [3.05, 3.63) is 53.6 Å². The summed E-state index contributed by atoms with van der Waals surface area (Å²) in [4.78, 5) is 21.0. The van der Waals surface area contributed by atoms with Gasteiger partial charge in [0.15, 0.2) is 10.9 Å². The quantitative estimate of drug-likeness (QED) is 0.499. The summed E-state index contributed by atoms with van der Waals surface area (Å²) in [7, 11) is 3.92. The van der Waals surface area contributed by atoms with Crippen LogP contribution >= 0.6 is 11.3 Å². The number of anilines is 1. The fourth-order valence-corrected chi connectivity index (χ4v) is 4.12. The highest BCUT2D eigenvalue weighted by molar-refractivity contribution is 7.22. The topological polar surface area (TPSA) is 45.7 Å². The molecule has 0 saturated carbocycles. The minimum atomic E-state index is -0.722. The number of halogens is 2. The molecule has 0 bridgehead atoms. The molecule has 160 valence electrons. The minimum absolute atomic E-state index is 0.0860. The summed E-state index contributed by atoms with van der Waals surface area (Å²) in [5.74, 6) is -0.771. The largest absolute Gasteiger partial charge is 0.494 e. The lowest BCUT2D eigenvalue weighted by Crippen LogP contribution is -2.34. The van der Waals surface area contributed by atoms with Crippen LogP contribution in [-0.4, -0.2) is 49.6 Å². The van der Waals surface area contributed by atoms with Crippen LogP contribution in [0.2, 0.25) is 0 Å². The van der Waals surface area contributed by atoms with Crippen molar-refractivity contribution in [1.29, 1.82) is 0 Å². The van der Waals surface area contributed by atoms with Gasteiger partial charge < -0.3 is 9.64 Å². The van der Waals surface area contributed by atoms with Gasteiger partial charge >= 0.3 is 0 Å². The molecule has 5 nitrogen and oxygen atoms in total. The van der Waals surface area contributed by atoms with Gasteiger partial charge in [0.2, 0.25) is 5.91 Å². The number of hydrogen-bond donors (Lipinski definition) is 0. The second kappa shape index (κ2) is 9.95. The zero-order valence-corrected chi connectivity index (χ0v) is 18.1. The predicted molar refractivity (Wildman–Crippen MR) is 116 cm³/mol. The number of carbonyl (C=O) groups excluding carboxylic acids is 1. The van der Waals surface area contributed by atoms with Crippen LogP contribution in [0, 0.1) is 11.6 Å². The molecule has 30 heavy (non-hydrogen) atoms. The van der Waals surface area contributed by atoms with Crippen LogP contribution in [0.1, 0.15) is 18.9 Å². The summed E-state index contributed by atoms with van der Waals surface area (Å²) in [6, 6.07) is 9.43. The van der Waals surface area contributed by atoms with E-state index in [9.17, 15) is 13.6 Å². The molecule has 0 fully saturated rings. The Morgan fingerprint density at radius 1 is 1.13 bits per heavy atom. The van der Waals surface area contributed by atoms with E-state index in [2.05, 4.69) is 4.98 Å². The van der Waals surface area contributed by atoms with E-state index in [4.69, 9.17) is 4.74 Å². The highest BCUT2D eigenvalue weighted by atomic mass is 32.1. The first-order chi connectivity index (χ1) is 14.4. The van der Waals surface area contributed by atoms with E-state index in [1.165, 1.54) is 6.07 Å². The van der Waals surface area contributed by atoms with Gasteiger partial charge in [0.25, 0.3) is 0 Å². The number of thiazole rings is 1. The van der Waals surface area contributed by atoms with Gasteiger partial charge in [0.05, 0.1) is 17.7 Å². The van der Waals surface area contributed by atoms with E-state index < -0.39 is 11.6 Å². The zero-order chi connectivity index (χ0) is 21.7. The highest BCUT2D eigenvalue weighted by Crippen LogP contribution is 2.31. The number of fused-ring (bicyclic) bond motifs is 1. The summed E-state index contributed by atoms with van der Waals surface area (Å²) >= 11 is 1.12. The van der Waals surface area contributed by atoms with Crippen LogP contribution in [0.3, 0.4) is 0 Å². The molecule has 1 aromatic heterocycles.